The van der Waals surface area contributed by atoms with E-state index < -0.39 is 0 Å². The van der Waals surface area contributed by atoms with E-state index in [1.54, 1.807) is 12.4 Å². The average molecular weight is 508 g/mol. The van der Waals surface area contributed by atoms with Gasteiger partial charge in [0.25, 0.3) is 0 Å². The highest BCUT2D eigenvalue weighted by Gasteiger charge is 2.06. The third-order valence-electron chi connectivity index (χ3n) is 4.88. The van der Waals surface area contributed by atoms with Crippen molar-refractivity contribution in [2.45, 2.75) is 0 Å². The highest BCUT2D eigenvalue weighted by atomic mass is 79.9. The second-order valence-electron chi connectivity index (χ2n) is 6.81. The summed E-state index contributed by atoms with van der Waals surface area (Å²) in [6.45, 7) is 0. The molecule has 0 aliphatic heterocycles. The van der Waals surface area contributed by atoms with Crippen LogP contribution in [0.4, 0.5) is 0 Å². The molecule has 4 heterocycles. The summed E-state index contributed by atoms with van der Waals surface area (Å²) in [5, 5.41) is 4.98. The maximum Gasteiger partial charge on any atom is 0.148 e. The van der Waals surface area contributed by atoms with Crippen molar-refractivity contribution in [2.24, 2.45) is 0 Å². The van der Waals surface area contributed by atoms with Gasteiger partial charge in [0.15, 0.2) is 0 Å². The first-order valence-electron chi connectivity index (χ1n) is 9.40. The lowest BCUT2D eigenvalue weighted by atomic mass is 10.1. The van der Waals surface area contributed by atoms with Gasteiger partial charge in [0.05, 0.1) is 27.1 Å². The Balaban J connectivity index is 0.000000132. The topological polar surface area (TPSA) is 51.6 Å². The molecule has 0 saturated heterocycles. The Hall–Kier alpha value is -2.86. The molecular weight excluding hydrogens is 495 g/mol. The molecule has 0 saturated carbocycles. The summed E-state index contributed by atoms with van der Waals surface area (Å²) in [6, 6.07) is 21.7. The number of halogens is 3. The van der Waals surface area contributed by atoms with Gasteiger partial charge in [-0.15, -0.1) is 0 Å². The number of hydrogen-bond donors (Lipinski definition) is 0. The van der Waals surface area contributed by atoms with Gasteiger partial charge in [-0.1, -0.05) is 53.5 Å². The third-order valence-corrected chi connectivity index (χ3v) is 5.99. The summed E-state index contributed by atoms with van der Waals surface area (Å²) in [5.74, 6) is 0. The Morgan fingerprint density at radius 1 is 0.645 bits per heavy atom. The summed E-state index contributed by atoms with van der Waals surface area (Å²) in [7, 11) is 0. The molecule has 0 atom stereocenters. The predicted molar refractivity (Wildman–Crippen MR) is 132 cm³/mol. The first-order chi connectivity index (χ1) is 15.1. The van der Waals surface area contributed by atoms with Gasteiger partial charge in [0.1, 0.15) is 9.76 Å². The number of fused-ring (bicyclic) bond motifs is 6. The summed E-state index contributed by atoms with van der Waals surface area (Å²) in [5.41, 5.74) is 3.64. The van der Waals surface area contributed by atoms with E-state index in [-0.39, 0.29) is 0 Å². The molecule has 6 rings (SSSR count). The molecule has 0 unspecified atom stereocenters. The lowest BCUT2D eigenvalue weighted by Gasteiger charge is -2.03. The van der Waals surface area contributed by atoms with E-state index in [0.29, 0.717) is 10.2 Å². The van der Waals surface area contributed by atoms with Crippen molar-refractivity contribution in [3.05, 3.63) is 93.9 Å². The molecular formula is C24H13BrCl2N4. The molecule has 0 fully saturated rings. The van der Waals surface area contributed by atoms with Crippen molar-refractivity contribution in [2.75, 3.05) is 0 Å². The van der Waals surface area contributed by atoms with Gasteiger partial charge >= 0.3 is 0 Å². The van der Waals surface area contributed by atoms with Gasteiger partial charge in [-0.05, 0) is 52.3 Å². The van der Waals surface area contributed by atoms with E-state index in [1.165, 1.54) is 0 Å². The van der Waals surface area contributed by atoms with Crippen molar-refractivity contribution in [3.8, 4) is 0 Å². The molecule has 0 bridgehead atoms. The van der Waals surface area contributed by atoms with Crippen LogP contribution in [0.3, 0.4) is 0 Å². The average Bonchev–Trinajstić information content (AvgIpc) is 2.80. The van der Waals surface area contributed by atoms with Gasteiger partial charge in [0, 0.05) is 33.9 Å². The van der Waals surface area contributed by atoms with Crippen LogP contribution in [0.1, 0.15) is 0 Å². The van der Waals surface area contributed by atoms with Crippen LogP contribution in [0, 0.1) is 0 Å². The lowest BCUT2D eigenvalue weighted by molar-refractivity contribution is 1.34. The van der Waals surface area contributed by atoms with Crippen LogP contribution in [0.5, 0.6) is 0 Å². The number of rotatable bonds is 0. The van der Waals surface area contributed by atoms with Crippen LogP contribution in [-0.4, -0.2) is 19.9 Å². The Kier molecular flexibility index (Phi) is 5.40. The van der Waals surface area contributed by atoms with E-state index in [1.807, 2.05) is 54.6 Å². The van der Waals surface area contributed by atoms with E-state index in [9.17, 15) is 0 Å². The molecule has 31 heavy (non-hydrogen) atoms. The minimum Gasteiger partial charge on any atom is -0.256 e. The molecule has 0 aliphatic rings. The molecule has 0 amide bonds. The monoisotopic (exact) mass is 506 g/mol. The second-order valence-corrected chi connectivity index (χ2v) is 8.39. The molecule has 0 N–H and O–H groups in total. The van der Waals surface area contributed by atoms with Crippen LogP contribution in [0.2, 0.25) is 10.2 Å². The first-order valence-corrected chi connectivity index (χ1v) is 10.9. The van der Waals surface area contributed by atoms with E-state index in [4.69, 9.17) is 23.2 Å². The standard InChI is InChI=1S/C12H7BrN2.C12H6Cl2N2/c13-10-6-5-9-4-3-8-2-1-7-14-11(8)12(9)15-10;13-9-6-7-3-4-10-8(2-1-5-15-10)11(7)16-12(9)14/h1-7H;1-6H. The number of nitrogens with zero attached hydrogens (tertiary/aromatic N) is 4. The SMILES string of the molecule is Brc1ccc2ccc3cccnc3c2n1.Clc1cc2ccc3ncccc3c2nc1Cl. The molecule has 4 nitrogen and oxygen atoms in total. The molecule has 2 aromatic carbocycles. The summed E-state index contributed by atoms with van der Waals surface area (Å²) >= 11 is 15.2. The summed E-state index contributed by atoms with van der Waals surface area (Å²) in [6.07, 6.45) is 3.55. The molecule has 4 aromatic heterocycles. The Morgan fingerprint density at radius 3 is 2.23 bits per heavy atom. The van der Waals surface area contributed by atoms with Crippen LogP contribution in [0.25, 0.3) is 43.6 Å². The minimum absolute atomic E-state index is 0.325. The lowest BCUT2D eigenvalue weighted by Crippen LogP contribution is -1.85. The first kappa shape index (κ1) is 20.1. The zero-order valence-corrected chi connectivity index (χ0v) is 19.0. The van der Waals surface area contributed by atoms with Crippen LogP contribution < -0.4 is 0 Å². The maximum atomic E-state index is 5.93. The fourth-order valence-corrected chi connectivity index (χ4v) is 4.05. The van der Waals surface area contributed by atoms with Crippen molar-refractivity contribution in [1.82, 2.24) is 19.9 Å². The van der Waals surface area contributed by atoms with Gasteiger partial charge in [-0.2, -0.15) is 0 Å². The zero-order valence-electron chi connectivity index (χ0n) is 15.9. The van der Waals surface area contributed by atoms with E-state index >= 15 is 0 Å². The highest BCUT2D eigenvalue weighted by molar-refractivity contribution is 9.10. The van der Waals surface area contributed by atoms with Gasteiger partial charge < -0.3 is 0 Å². The zero-order chi connectivity index (χ0) is 21.4. The van der Waals surface area contributed by atoms with Crippen molar-refractivity contribution < 1.29 is 0 Å². The van der Waals surface area contributed by atoms with Crippen molar-refractivity contribution >= 4 is 82.7 Å². The Bertz CT molecular complexity index is 1590. The maximum absolute atomic E-state index is 5.93. The van der Waals surface area contributed by atoms with Gasteiger partial charge in [-0.25, -0.2) is 9.97 Å². The van der Waals surface area contributed by atoms with Crippen LogP contribution in [0.15, 0.2) is 83.7 Å². The summed E-state index contributed by atoms with van der Waals surface area (Å²) in [4.78, 5) is 17.4. The smallest absolute Gasteiger partial charge is 0.148 e. The highest BCUT2D eigenvalue weighted by Crippen LogP contribution is 2.28. The number of benzene rings is 2. The number of hydrogen-bond acceptors (Lipinski definition) is 4. The fraction of sp³-hybridized carbons (Fsp3) is 0. The predicted octanol–water partition coefficient (Wildman–Crippen LogP) is 7.64. The Labute approximate surface area is 196 Å². The molecule has 150 valence electrons. The van der Waals surface area contributed by atoms with Crippen molar-refractivity contribution in [1.29, 1.82) is 0 Å². The number of pyridine rings is 4. The number of aromatic nitrogens is 4. The minimum atomic E-state index is 0.325. The second kappa shape index (κ2) is 8.35. The Morgan fingerprint density at radius 2 is 1.35 bits per heavy atom. The third kappa shape index (κ3) is 3.92. The normalized spacial score (nSPS) is 11.1. The van der Waals surface area contributed by atoms with Gasteiger partial charge in [-0.3, -0.25) is 9.97 Å². The largest absolute Gasteiger partial charge is 0.256 e. The molecule has 6 aromatic rings. The molecule has 0 radical (unpaired) electrons. The summed E-state index contributed by atoms with van der Waals surface area (Å²) < 4.78 is 0.841. The van der Waals surface area contributed by atoms with Crippen LogP contribution >= 0.6 is 39.1 Å². The molecule has 0 aliphatic carbocycles. The van der Waals surface area contributed by atoms with Crippen molar-refractivity contribution in [3.63, 3.8) is 0 Å². The fourth-order valence-electron chi connectivity index (χ4n) is 3.44. The quantitative estimate of drug-likeness (QED) is 0.156. The van der Waals surface area contributed by atoms with E-state index in [0.717, 1.165) is 48.2 Å². The van der Waals surface area contributed by atoms with Gasteiger partial charge in [0.2, 0.25) is 0 Å². The molecule has 7 heteroatoms. The van der Waals surface area contributed by atoms with Crippen LogP contribution in [-0.2, 0) is 0 Å². The molecule has 0 spiro atoms. The van der Waals surface area contributed by atoms with E-state index in [2.05, 4.69) is 48.0 Å².